The van der Waals surface area contributed by atoms with Gasteiger partial charge in [0, 0.05) is 18.1 Å². The van der Waals surface area contributed by atoms with Crippen molar-refractivity contribution in [1.29, 1.82) is 0 Å². The van der Waals surface area contributed by atoms with Crippen LogP contribution in [0.2, 0.25) is 15.1 Å². The van der Waals surface area contributed by atoms with Crippen molar-refractivity contribution >= 4 is 46.4 Å². The van der Waals surface area contributed by atoms with Crippen LogP contribution in [0.5, 0.6) is 0 Å². The zero-order chi connectivity index (χ0) is 14.0. The molecule has 0 saturated carbocycles. The summed E-state index contributed by atoms with van der Waals surface area (Å²) in [4.78, 5) is 13.8. The van der Waals surface area contributed by atoms with E-state index in [1.54, 1.807) is 0 Å². The molecule has 1 amide bonds. The molecule has 0 bridgehead atoms. The molecule has 7 heteroatoms. The number of nitrogens with zero attached hydrogens (tertiary/aromatic N) is 1. The van der Waals surface area contributed by atoms with Crippen LogP contribution in [0.4, 0.5) is 5.69 Å². The second-order valence-electron chi connectivity index (χ2n) is 4.47. The summed E-state index contributed by atoms with van der Waals surface area (Å²) < 4.78 is 0. The topological polar surface area (TPSA) is 52.6 Å². The maximum atomic E-state index is 11.9. The Kier molecular flexibility index (Phi) is 4.92. The van der Waals surface area contributed by atoms with E-state index >= 15 is 0 Å². The average molecular weight is 324 g/mol. The number of hydrogen-bond acceptors (Lipinski definition) is 3. The van der Waals surface area contributed by atoms with Crippen molar-refractivity contribution in [2.75, 3.05) is 25.0 Å². The molecule has 1 aliphatic rings. The molecule has 1 saturated heterocycles. The number of likely N-dealkylation sites (tertiary alicyclic amines) is 1. The van der Waals surface area contributed by atoms with E-state index in [9.17, 15) is 9.90 Å². The molecule has 0 aromatic heterocycles. The van der Waals surface area contributed by atoms with Crippen LogP contribution in [0.15, 0.2) is 12.1 Å². The predicted molar refractivity (Wildman–Crippen MR) is 77.2 cm³/mol. The molecular weight excluding hydrogens is 311 g/mol. The van der Waals surface area contributed by atoms with Gasteiger partial charge in [-0.15, -0.1) is 0 Å². The lowest BCUT2D eigenvalue weighted by atomic mass is 10.3. The van der Waals surface area contributed by atoms with Crippen molar-refractivity contribution in [3.8, 4) is 0 Å². The Hall–Kier alpha value is -0.520. The second-order valence-corrected chi connectivity index (χ2v) is 5.72. The zero-order valence-electron chi connectivity index (χ0n) is 10.00. The van der Waals surface area contributed by atoms with Crippen LogP contribution >= 0.6 is 34.8 Å². The molecule has 0 radical (unpaired) electrons. The molecule has 2 N–H and O–H groups in total. The van der Waals surface area contributed by atoms with E-state index in [-0.39, 0.29) is 18.6 Å². The van der Waals surface area contributed by atoms with E-state index in [1.807, 2.05) is 4.90 Å². The highest BCUT2D eigenvalue weighted by molar-refractivity contribution is 6.42. The van der Waals surface area contributed by atoms with Gasteiger partial charge < -0.3 is 10.4 Å². The van der Waals surface area contributed by atoms with Crippen LogP contribution in [0, 0.1) is 0 Å². The molecule has 1 aromatic carbocycles. The first-order valence-electron chi connectivity index (χ1n) is 5.80. The van der Waals surface area contributed by atoms with Crippen LogP contribution in [0.3, 0.4) is 0 Å². The monoisotopic (exact) mass is 322 g/mol. The third-order valence-electron chi connectivity index (χ3n) is 2.89. The molecule has 0 spiro atoms. The zero-order valence-corrected chi connectivity index (χ0v) is 12.3. The number of carbonyl (C=O) groups excluding carboxylic acids is 1. The quantitative estimate of drug-likeness (QED) is 0.899. The molecule has 4 nitrogen and oxygen atoms in total. The minimum absolute atomic E-state index is 0.201. The molecule has 1 aromatic rings. The van der Waals surface area contributed by atoms with Crippen molar-refractivity contribution in [2.24, 2.45) is 0 Å². The molecular formula is C12H13Cl3N2O2. The van der Waals surface area contributed by atoms with Crippen LogP contribution in [0.1, 0.15) is 6.42 Å². The highest BCUT2D eigenvalue weighted by atomic mass is 35.5. The number of halogens is 3. The predicted octanol–water partition coefficient (Wildman–Crippen LogP) is 2.65. The summed E-state index contributed by atoms with van der Waals surface area (Å²) in [6, 6.07) is 3.04. The summed E-state index contributed by atoms with van der Waals surface area (Å²) in [6.07, 6.45) is 0.339. The van der Waals surface area contributed by atoms with Crippen LogP contribution in [-0.4, -0.2) is 41.7 Å². The van der Waals surface area contributed by atoms with Gasteiger partial charge in [-0.2, -0.15) is 0 Å². The maximum Gasteiger partial charge on any atom is 0.238 e. The van der Waals surface area contributed by atoms with E-state index in [0.29, 0.717) is 40.3 Å². The van der Waals surface area contributed by atoms with E-state index in [4.69, 9.17) is 34.8 Å². The van der Waals surface area contributed by atoms with Crippen LogP contribution in [-0.2, 0) is 4.79 Å². The fourth-order valence-corrected chi connectivity index (χ4v) is 2.91. The van der Waals surface area contributed by atoms with E-state index in [2.05, 4.69) is 5.32 Å². The molecule has 1 atom stereocenters. The molecule has 0 unspecified atom stereocenters. The van der Waals surface area contributed by atoms with Gasteiger partial charge >= 0.3 is 0 Å². The van der Waals surface area contributed by atoms with E-state index in [0.717, 1.165) is 0 Å². The Balaban J connectivity index is 1.99. The Morgan fingerprint density at radius 3 is 2.53 bits per heavy atom. The Morgan fingerprint density at radius 1 is 1.37 bits per heavy atom. The number of amides is 1. The molecule has 104 valence electrons. The molecule has 0 aliphatic carbocycles. The van der Waals surface area contributed by atoms with Gasteiger partial charge in [0.1, 0.15) is 0 Å². The average Bonchev–Trinajstić information content (AvgIpc) is 2.69. The molecule has 2 rings (SSSR count). The van der Waals surface area contributed by atoms with Gasteiger partial charge in [0.2, 0.25) is 5.91 Å². The second kappa shape index (κ2) is 6.29. The van der Waals surface area contributed by atoms with Gasteiger partial charge in [0.15, 0.2) is 0 Å². The van der Waals surface area contributed by atoms with Crippen LogP contribution in [0.25, 0.3) is 0 Å². The number of carbonyl (C=O) groups is 1. The minimum Gasteiger partial charge on any atom is -0.392 e. The summed E-state index contributed by atoms with van der Waals surface area (Å²) in [5, 5.41) is 13.1. The lowest BCUT2D eigenvalue weighted by Crippen LogP contribution is -2.32. The summed E-state index contributed by atoms with van der Waals surface area (Å²) in [5.41, 5.74) is 0.359. The van der Waals surface area contributed by atoms with Gasteiger partial charge in [0.05, 0.1) is 28.4 Å². The first-order valence-corrected chi connectivity index (χ1v) is 6.94. The van der Waals surface area contributed by atoms with Gasteiger partial charge in [-0.1, -0.05) is 34.8 Å². The minimum atomic E-state index is -0.351. The Labute approximate surface area is 126 Å². The number of aliphatic hydroxyl groups excluding tert-OH is 1. The highest BCUT2D eigenvalue weighted by Gasteiger charge is 2.22. The molecule has 1 heterocycles. The van der Waals surface area contributed by atoms with Crippen molar-refractivity contribution < 1.29 is 9.90 Å². The summed E-state index contributed by atoms with van der Waals surface area (Å²) in [7, 11) is 0. The first-order chi connectivity index (χ1) is 8.95. The summed E-state index contributed by atoms with van der Waals surface area (Å²) in [6.45, 7) is 1.42. The SMILES string of the molecule is O=C(CN1CC[C@@H](O)C1)Nc1c(Cl)cc(Cl)cc1Cl. The van der Waals surface area contributed by atoms with Crippen LogP contribution < -0.4 is 5.32 Å². The van der Waals surface area contributed by atoms with Gasteiger partial charge in [-0.3, -0.25) is 9.69 Å². The first kappa shape index (κ1) is 14.9. The molecule has 1 fully saturated rings. The highest BCUT2D eigenvalue weighted by Crippen LogP contribution is 2.33. The fraction of sp³-hybridized carbons (Fsp3) is 0.417. The van der Waals surface area contributed by atoms with E-state index in [1.165, 1.54) is 12.1 Å². The number of anilines is 1. The van der Waals surface area contributed by atoms with E-state index < -0.39 is 0 Å². The fourth-order valence-electron chi connectivity index (χ4n) is 2.00. The Morgan fingerprint density at radius 2 is 2.00 bits per heavy atom. The van der Waals surface area contributed by atoms with Crippen molar-refractivity contribution in [1.82, 2.24) is 4.90 Å². The largest absolute Gasteiger partial charge is 0.392 e. The Bertz CT molecular complexity index is 473. The lowest BCUT2D eigenvalue weighted by Gasteiger charge is -2.15. The lowest BCUT2D eigenvalue weighted by molar-refractivity contribution is -0.117. The van der Waals surface area contributed by atoms with Crippen molar-refractivity contribution in [3.05, 3.63) is 27.2 Å². The number of nitrogens with one attached hydrogen (secondary N) is 1. The summed E-state index contributed by atoms with van der Waals surface area (Å²) >= 11 is 17.8. The number of aliphatic hydroxyl groups is 1. The number of rotatable bonds is 3. The van der Waals surface area contributed by atoms with Gasteiger partial charge in [-0.05, 0) is 18.6 Å². The number of β-amino-alcohol motifs (C(OH)–C–C–N with tert-alkyl or cyclic N) is 1. The normalized spacial score (nSPS) is 19.7. The number of benzene rings is 1. The standard InChI is InChI=1S/C12H13Cl3N2O2/c13-7-3-9(14)12(10(15)4-7)16-11(19)6-17-2-1-8(18)5-17/h3-4,8,18H,1-2,5-6H2,(H,16,19)/t8-/m1/s1. The molecule has 19 heavy (non-hydrogen) atoms. The van der Waals surface area contributed by atoms with Crippen molar-refractivity contribution in [2.45, 2.75) is 12.5 Å². The van der Waals surface area contributed by atoms with Crippen molar-refractivity contribution in [3.63, 3.8) is 0 Å². The van der Waals surface area contributed by atoms with Gasteiger partial charge in [-0.25, -0.2) is 0 Å². The third kappa shape index (κ3) is 3.97. The third-order valence-corrected chi connectivity index (χ3v) is 3.70. The summed E-state index contributed by atoms with van der Waals surface area (Å²) in [5.74, 6) is -0.222. The number of hydrogen-bond donors (Lipinski definition) is 2. The van der Waals surface area contributed by atoms with Gasteiger partial charge in [0.25, 0.3) is 0 Å². The maximum absolute atomic E-state index is 11.9. The smallest absolute Gasteiger partial charge is 0.238 e. The molecule has 1 aliphatic heterocycles.